The second kappa shape index (κ2) is 7.03. The van der Waals surface area contributed by atoms with Gasteiger partial charge in [-0.25, -0.2) is 4.99 Å². The Morgan fingerprint density at radius 1 is 1.00 bits per heavy atom. The molecule has 2 aromatic rings. The van der Waals surface area contributed by atoms with Gasteiger partial charge in [0.1, 0.15) is 0 Å². The second-order valence-electron chi connectivity index (χ2n) is 3.46. The minimum absolute atomic E-state index is 0. The summed E-state index contributed by atoms with van der Waals surface area (Å²) >= 11 is 3.37. The molecule has 0 atom stereocenters. The van der Waals surface area contributed by atoms with Crippen molar-refractivity contribution >= 4 is 45.7 Å². The summed E-state index contributed by atoms with van der Waals surface area (Å²) in [6.45, 7) is 0. The molecule has 0 spiro atoms. The number of halogens is 2. The molecule has 0 bridgehead atoms. The van der Waals surface area contributed by atoms with Crippen LogP contribution in [0.1, 0.15) is 0 Å². The summed E-state index contributed by atoms with van der Waals surface area (Å²) in [6.07, 6.45) is 0. The highest BCUT2D eigenvalue weighted by Crippen LogP contribution is 2.16. The third-order valence-electron chi connectivity index (χ3n) is 2.12. The van der Waals surface area contributed by atoms with E-state index in [0.29, 0.717) is 5.96 Å². The predicted molar refractivity (Wildman–Crippen MR) is 82.7 cm³/mol. The number of nitrogens with two attached hydrogens (primary N) is 1. The molecular weight excluding hydrogens is 314 g/mol. The number of benzene rings is 2. The number of rotatable bonds is 2. The summed E-state index contributed by atoms with van der Waals surface area (Å²) in [7, 11) is 0. The Morgan fingerprint density at radius 3 is 2.22 bits per heavy atom. The van der Waals surface area contributed by atoms with Crippen LogP contribution in [0.4, 0.5) is 11.4 Å². The van der Waals surface area contributed by atoms with E-state index in [-0.39, 0.29) is 12.4 Å². The quantitative estimate of drug-likeness (QED) is 0.649. The maximum atomic E-state index is 5.80. The molecule has 0 fully saturated rings. The number of hydrogen-bond donors (Lipinski definition) is 2. The Morgan fingerprint density at radius 2 is 1.61 bits per heavy atom. The maximum absolute atomic E-state index is 5.80. The van der Waals surface area contributed by atoms with Gasteiger partial charge < -0.3 is 11.1 Å². The van der Waals surface area contributed by atoms with Crippen molar-refractivity contribution in [1.82, 2.24) is 0 Å². The van der Waals surface area contributed by atoms with Gasteiger partial charge in [-0.15, -0.1) is 12.4 Å². The van der Waals surface area contributed by atoms with Crippen molar-refractivity contribution in [1.29, 1.82) is 0 Å². The first kappa shape index (κ1) is 14.5. The van der Waals surface area contributed by atoms with Crippen LogP contribution in [0.5, 0.6) is 0 Å². The van der Waals surface area contributed by atoms with E-state index in [1.165, 1.54) is 0 Å². The molecule has 0 amide bonds. The van der Waals surface area contributed by atoms with E-state index in [9.17, 15) is 0 Å². The van der Waals surface area contributed by atoms with Crippen molar-refractivity contribution in [3.05, 3.63) is 59.1 Å². The fourth-order valence-corrected chi connectivity index (χ4v) is 1.62. The molecule has 3 nitrogen and oxygen atoms in total. The van der Waals surface area contributed by atoms with E-state index >= 15 is 0 Å². The van der Waals surface area contributed by atoms with Crippen molar-refractivity contribution in [2.75, 3.05) is 5.32 Å². The van der Waals surface area contributed by atoms with Crippen molar-refractivity contribution in [3.63, 3.8) is 0 Å². The summed E-state index contributed by atoms with van der Waals surface area (Å²) in [6, 6.07) is 17.3. The largest absolute Gasteiger partial charge is 0.369 e. The van der Waals surface area contributed by atoms with E-state index in [0.717, 1.165) is 15.8 Å². The van der Waals surface area contributed by atoms with Gasteiger partial charge in [0.25, 0.3) is 0 Å². The van der Waals surface area contributed by atoms with Crippen LogP contribution in [0, 0.1) is 0 Å². The van der Waals surface area contributed by atoms with Crippen LogP contribution in [0.15, 0.2) is 64.1 Å². The fraction of sp³-hybridized carbons (Fsp3) is 0. The third kappa shape index (κ3) is 4.39. The predicted octanol–water partition coefficient (Wildman–Crippen LogP) is 3.93. The molecule has 0 aliphatic rings. The van der Waals surface area contributed by atoms with Crippen LogP contribution in [0.3, 0.4) is 0 Å². The maximum Gasteiger partial charge on any atom is 0.198 e. The monoisotopic (exact) mass is 325 g/mol. The number of para-hydroxylation sites is 1. The molecule has 0 heterocycles. The van der Waals surface area contributed by atoms with Crippen LogP contribution in [0.25, 0.3) is 0 Å². The van der Waals surface area contributed by atoms with Crippen LogP contribution in [-0.4, -0.2) is 5.96 Å². The average molecular weight is 327 g/mol. The Labute approximate surface area is 121 Å². The lowest BCUT2D eigenvalue weighted by Gasteiger charge is -2.04. The minimum Gasteiger partial charge on any atom is -0.369 e. The average Bonchev–Trinajstić information content (AvgIpc) is 2.33. The van der Waals surface area contributed by atoms with E-state index < -0.39 is 0 Å². The van der Waals surface area contributed by atoms with Gasteiger partial charge in [-0.3, -0.25) is 0 Å². The highest BCUT2D eigenvalue weighted by molar-refractivity contribution is 9.10. The number of nitrogens with zero attached hydrogens (tertiary/aromatic N) is 1. The Kier molecular flexibility index (Phi) is 5.68. The van der Waals surface area contributed by atoms with Gasteiger partial charge in [-0.2, -0.15) is 0 Å². The summed E-state index contributed by atoms with van der Waals surface area (Å²) in [5, 5.41) is 3.02. The molecule has 2 aromatic carbocycles. The molecule has 0 radical (unpaired) electrons. The van der Waals surface area contributed by atoms with Crippen LogP contribution >= 0.6 is 28.3 Å². The zero-order chi connectivity index (χ0) is 12.1. The van der Waals surface area contributed by atoms with Crippen LogP contribution < -0.4 is 11.1 Å². The van der Waals surface area contributed by atoms with E-state index in [1.807, 2.05) is 54.6 Å². The van der Waals surface area contributed by atoms with Crippen molar-refractivity contribution in [3.8, 4) is 0 Å². The van der Waals surface area contributed by atoms with Crippen molar-refractivity contribution in [2.45, 2.75) is 0 Å². The highest BCUT2D eigenvalue weighted by atomic mass is 79.9. The molecule has 0 aliphatic carbocycles. The Bertz CT molecular complexity index is 512. The van der Waals surface area contributed by atoms with Gasteiger partial charge in [0, 0.05) is 10.2 Å². The van der Waals surface area contributed by atoms with E-state index in [2.05, 4.69) is 26.2 Å². The first-order valence-electron chi connectivity index (χ1n) is 5.16. The van der Waals surface area contributed by atoms with Gasteiger partial charge in [0.15, 0.2) is 5.96 Å². The second-order valence-corrected chi connectivity index (χ2v) is 4.38. The van der Waals surface area contributed by atoms with Gasteiger partial charge in [0.2, 0.25) is 0 Å². The van der Waals surface area contributed by atoms with Crippen LogP contribution in [0.2, 0.25) is 0 Å². The van der Waals surface area contributed by atoms with E-state index in [4.69, 9.17) is 5.73 Å². The number of anilines is 1. The fourth-order valence-electron chi connectivity index (χ4n) is 1.35. The molecule has 5 heteroatoms. The molecule has 94 valence electrons. The number of hydrogen-bond acceptors (Lipinski definition) is 1. The van der Waals surface area contributed by atoms with E-state index in [1.54, 1.807) is 0 Å². The highest BCUT2D eigenvalue weighted by Gasteiger charge is 1.95. The zero-order valence-corrected chi connectivity index (χ0v) is 11.9. The SMILES string of the molecule is Cl.NC(=Nc1ccc(Br)cc1)Nc1ccccc1. The summed E-state index contributed by atoms with van der Waals surface area (Å²) in [5.74, 6) is 0.374. The normalized spacial score (nSPS) is 10.6. The van der Waals surface area contributed by atoms with Gasteiger partial charge in [0.05, 0.1) is 5.69 Å². The molecular formula is C13H13BrClN3. The van der Waals surface area contributed by atoms with Crippen LogP contribution in [-0.2, 0) is 0 Å². The lowest BCUT2D eigenvalue weighted by atomic mass is 10.3. The zero-order valence-electron chi connectivity index (χ0n) is 9.51. The smallest absolute Gasteiger partial charge is 0.198 e. The van der Waals surface area contributed by atoms with Gasteiger partial charge in [-0.05, 0) is 36.4 Å². The molecule has 0 saturated carbocycles. The molecule has 0 unspecified atom stereocenters. The molecule has 0 aromatic heterocycles. The summed E-state index contributed by atoms with van der Waals surface area (Å²) < 4.78 is 1.02. The summed E-state index contributed by atoms with van der Waals surface area (Å²) in [4.78, 5) is 4.26. The van der Waals surface area contributed by atoms with Gasteiger partial charge >= 0.3 is 0 Å². The number of nitrogens with one attached hydrogen (secondary N) is 1. The first-order chi connectivity index (χ1) is 8.24. The third-order valence-corrected chi connectivity index (χ3v) is 2.65. The molecule has 18 heavy (non-hydrogen) atoms. The standard InChI is InChI=1S/C13H12BrN3.ClH/c14-10-6-8-12(9-7-10)17-13(15)16-11-4-2-1-3-5-11;/h1-9H,(H3,15,16,17);1H. The molecule has 0 aliphatic heterocycles. The lowest BCUT2D eigenvalue weighted by molar-refractivity contribution is 1.43. The molecule has 3 N–H and O–H groups in total. The number of guanidine groups is 1. The number of aliphatic imine (C=N–C) groups is 1. The molecule has 0 saturated heterocycles. The lowest BCUT2D eigenvalue weighted by Crippen LogP contribution is -2.21. The topological polar surface area (TPSA) is 50.4 Å². The van der Waals surface area contributed by atoms with Crippen molar-refractivity contribution < 1.29 is 0 Å². The minimum atomic E-state index is 0. The Balaban J connectivity index is 0.00000162. The van der Waals surface area contributed by atoms with Gasteiger partial charge in [-0.1, -0.05) is 34.1 Å². The van der Waals surface area contributed by atoms with Crippen molar-refractivity contribution in [2.24, 2.45) is 10.7 Å². The molecule has 2 rings (SSSR count). The summed E-state index contributed by atoms with van der Waals surface area (Å²) in [5.41, 5.74) is 7.54. The first-order valence-corrected chi connectivity index (χ1v) is 5.95. The Hall–Kier alpha value is -1.52.